The van der Waals surface area contributed by atoms with Crippen LogP contribution in [0.25, 0.3) is 0 Å². The summed E-state index contributed by atoms with van der Waals surface area (Å²) in [5, 5.41) is 9.93. The lowest BCUT2D eigenvalue weighted by molar-refractivity contribution is -0.291. The molecule has 3 nitrogen and oxygen atoms in total. The number of carbonyl (C=O) groups excluding carboxylic acids is 1. The fraction of sp³-hybridized carbons (Fsp3) is 0.909. The Balaban J connectivity index is 3.15. The van der Waals surface area contributed by atoms with Crippen molar-refractivity contribution in [1.29, 1.82) is 0 Å². The number of hydrogen-bond donors (Lipinski definition) is 1. The zero-order valence-corrected chi connectivity index (χ0v) is 10.0. The van der Waals surface area contributed by atoms with Gasteiger partial charge in [0, 0.05) is 0 Å². The highest BCUT2D eigenvalue weighted by molar-refractivity contribution is 5.82. The molecule has 0 bridgehead atoms. The monoisotopic (exact) mass is 272 g/mol. The van der Waals surface area contributed by atoms with Crippen LogP contribution in [0.2, 0.25) is 0 Å². The summed E-state index contributed by atoms with van der Waals surface area (Å²) in [7, 11) is 0. The summed E-state index contributed by atoms with van der Waals surface area (Å²) in [5.74, 6) is -2.05. The van der Waals surface area contributed by atoms with Crippen LogP contribution in [0.3, 0.4) is 0 Å². The van der Waals surface area contributed by atoms with E-state index >= 15 is 0 Å². The maximum Gasteiger partial charge on any atom is 0.436 e. The second-order valence-corrected chi connectivity index (χ2v) is 4.47. The van der Waals surface area contributed by atoms with Crippen molar-refractivity contribution in [2.45, 2.75) is 56.5 Å². The van der Waals surface area contributed by atoms with Crippen LogP contribution in [0.4, 0.5) is 17.6 Å². The average molecular weight is 272 g/mol. The van der Waals surface area contributed by atoms with E-state index in [0.29, 0.717) is 6.42 Å². The normalized spacial score (nSPS) is 23.2. The van der Waals surface area contributed by atoms with Gasteiger partial charge in [-0.1, -0.05) is 19.3 Å². The molecule has 0 radical (unpaired) electrons. The molecule has 0 amide bonds. The summed E-state index contributed by atoms with van der Waals surface area (Å²) < 4.78 is 57.1. The van der Waals surface area contributed by atoms with Crippen molar-refractivity contribution in [2.75, 3.05) is 6.61 Å². The lowest BCUT2D eigenvalue weighted by Gasteiger charge is -2.42. The Bertz CT molecular complexity index is 310. The summed E-state index contributed by atoms with van der Waals surface area (Å²) in [5.41, 5.74) is -7.08. The topological polar surface area (TPSA) is 46.5 Å². The highest BCUT2D eigenvalue weighted by Crippen LogP contribution is 2.49. The smallest absolute Gasteiger partial charge is 0.436 e. The van der Waals surface area contributed by atoms with E-state index in [9.17, 15) is 27.5 Å². The molecule has 18 heavy (non-hydrogen) atoms. The number of aliphatic hydroxyl groups is 1. The van der Waals surface area contributed by atoms with Crippen LogP contribution in [-0.2, 0) is 9.53 Å². The number of rotatable bonds is 3. The van der Waals surface area contributed by atoms with Crippen molar-refractivity contribution in [2.24, 2.45) is 0 Å². The van der Waals surface area contributed by atoms with Crippen LogP contribution in [0.1, 0.15) is 39.0 Å². The minimum atomic E-state index is -5.49. The van der Waals surface area contributed by atoms with Crippen LogP contribution in [0, 0.1) is 0 Å². The number of alkyl halides is 4. The van der Waals surface area contributed by atoms with Crippen molar-refractivity contribution in [3.05, 3.63) is 0 Å². The van der Waals surface area contributed by atoms with Gasteiger partial charge in [-0.15, -0.1) is 0 Å². The lowest BCUT2D eigenvalue weighted by Crippen LogP contribution is -2.65. The second kappa shape index (κ2) is 5.03. The Kier molecular flexibility index (Phi) is 4.25. The summed E-state index contributed by atoms with van der Waals surface area (Å²) in [6.45, 7) is 0.899. The molecule has 0 aromatic heterocycles. The van der Waals surface area contributed by atoms with E-state index in [1.165, 1.54) is 6.92 Å². The van der Waals surface area contributed by atoms with Crippen LogP contribution in [0.5, 0.6) is 0 Å². The molecule has 1 aliphatic rings. The van der Waals surface area contributed by atoms with E-state index in [4.69, 9.17) is 0 Å². The molecule has 1 atom stereocenters. The fourth-order valence-electron chi connectivity index (χ4n) is 2.28. The minimum absolute atomic E-state index is 0.248. The SMILES string of the molecule is CCOC(=O)C(F)(C(F)(F)F)C1(O)CCCCC1. The molecule has 1 saturated carbocycles. The molecule has 0 aromatic carbocycles. The van der Waals surface area contributed by atoms with E-state index < -0.39 is 36.3 Å². The quantitative estimate of drug-likeness (QED) is 0.634. The zero-order valence-electron chi connectivity index (χ0n) is 10.0. The number of carbonyl (C=O) groups is 1. The van der Waals surface area contributed by atoms with Crippen LogP contribution in [-0.4, -0.2) is 35.1 Å². The van der Waals surface area contributed by atoms with Gasteiger partial charge in [-0.2, -0.15) is 13.2 Å². The molecule has 0 aliphatic heterocycles. The van der Waals surface area contributed by atoms with Gasteiger partial charge in [0.05, 0.1) is 6.61 Å². The maximum atomic E-state index is 14.3. The molecule has 106 valence electrons. The Morgan fingerprint density at radius 2 is 1.72 bits per heavy atom. The highest BCUT2D eigenvalue weighted by atomic mass is 19.4. The number of hydrogen-bond acceptors (Lipinski definition) is 3. The van der Waals surface area contributed by atoms with Gasteiger partial charge in [0.2, 0.25) is 0 Å². The summed E-state index contributed by atoms with van der Waals surface area (Å²) in [6, 6.07) is 0. The van der Waals surface area contributed by atoms with Crippen LogP contribution >= 0.6 is 0 Å². The Morgan fingerprint density at radius 3 is 2.11 bits per heavy atom. The van der Waals surface area contributed by atoms with Crippen molar-refractivity contribution >= 4 is 5.97 Å². The minimum Gasteiger partial charge on any atom is -0.463 e. The Hall–Kier alpha value is -0.850. The molecular formula is C11H16F4O3. The number of halogens is 4. The molecule has 7 heteroatoms. The largest absolute Gasteiger partial charge is 0.463 e. The molecule has 1 fully saturated rings. The predicted octanol–water partition coefficient (Wildman–Crippen LogP) is 2.52. The van der Waals surface area contributed by atoms with Gasteiger partial charge in [0.15, 0.2) is 0 Å². The second-order valence-electron chi connectivity index (χ2n) is 4.47. The summed E-state index contributed by atoms with van der Waals surface area (Å²) in [4.78, 5) is 11.3. The van der Waals surface area contributed by atoms with Crippen LogP contribution < -0.4 is 0 Å². The molecule has 0 spiro atoms. The van der Waals surface area contributed by atoms with Crippen molar-refractivity contribution in [3.8, 4) is 0 Å². The third kappa shape index (κ3) is 2.32. The number of esters is 1. The van der Waals surface area contributed by atoms with Gasteiger partial charge in [0.25, 0.3) is 0 Å². The van der Waals surface area contributed by atoms with Gasteiger partial charge >= 0.3 is 17.8 Å². The first kappa shape index (κ1) is 15.2. The Labute approximate surface area is 102 Å². The highest BCUT2D eigenvalue weighted by Gasteiger charge is 2.73. The van der Waals surface area contributed by atoms with Gasteiger partial charge < -0.3 is 9.84 Å². The Morgan fingerprint density at radius 1 is 1.22 bits per heavy atom. The molecule has 1 unspecified atom stereocenters. The van der Waals surface area contributed by atoms with E-state index in [1.54, 1.807) is 0 Å². The molecule has 0 aromatic rings. The van der Waals surface area contributed by atoms with Gasteiger partial charge in [-0.25, -0.2) is 9.18 Å². The molecule has 1 rings (SSSR count). The predicted molar refractivity (Wildman–Crippen MR) is 54.6 cm³/mol. The molecular weight excluding hydrogens is 256 g/mol. The maximum absolute atomic E-state index is 14.3. The lowest BCUT2D eigenvalue weighted by atomic mass is 9.73. The number of ether oxygens (including phenoxy) is 1. The van der Waals surface area contributed by atoms with Gasteiger partial charge in [-0.3, -0.25) is 0 Å². The van der Waals surface area contributed by atoms with Gasteiger partial charge in [-0.05, 0) is 19.8 Å². The fourth-order valence-corrected chi connectivity index (χ4v) is 2.28. The first-order chi connectivity index (χ1) is 8.19. The first-order valence-corrected chi connectivity index (χ1v) is 5.84. The van der Waals surface area contributed by atoms with Crippen LogP contribution in [0.15, 0.2) is 0 Å². The third-order valence-electron chi connectivity index (χ3n) is 3.27. The van der Waals surface area contributed by atoms with E-state index in [1.807, 2.05) is 0 Å². The summed E-state index contributed by atoms with van der Waals surface area (Å²) >= 11 is 0. The first-order valence-electron chi connectivity index (χ1n) is 5.84. The third-order valence-corrected chi connectivity index (χ3v) is 3.27. The average Bonchev–Trinajstić information content (AvgIpc) is 2.27. The zero-order chi connectivity index (χ0) is 14.0. The van der Waals surface area contributed by atoms with E-state index in [0.717, 1.165) is 0 Å². The standard InChI is InChI=1S/C11H16F4O3/c1-2-18-8(16)10(12,11(13,14)15)9(17)6-4-3-5-7-9/h17H,2-7H2,1H3. The molecule has 0 heterocycles. The van der Waals surface area contributed by atoms with Gasteiger partial charge in [0.1, 0.15) is 5.60 Å². The van der Waals surface area contributed by atoms with Crippen molar-refractivity contribution in [3.63, 3.8) is 0 Å². The molecule has 1 aliphatic carbocycles. The molecule has 1 N–H and O–H groups in total. The van der Waals surface area contributed by atoms with E-state index in [2.05, 4.69) is 4.74 Å². The van der Waals surface area contributed by atoms with Crippen molar-refractivity contribution in [1.82, 2.24) is 0 Å². The summed E-state index contributed by atoms with van der Waals surface area (Å²) in [6.07, 6.45) is -5.19. The van der Waals surface area contributed by atoms with Crippen molar-refractivity contribution < 1.29 is 32.2 Å². The molecule has 0 saturated heterocycles. The van der Waals surface area contributed by atoms with E-state index in [-0.39, 0.29) is 19.4 Å².